The lowest BCUT2D eigenvalue weighted by Crippen LogP contribution is -2.34. The van der Waals surface area contributed by atoms with Crippen molar-refractivity contribution in [2.75, 3.05) is 5.32 Å². The molecule has 2 aromatic rings. The van der Waals surface area contributed by atoms with Gasteiger partial charge in [-0.2, -0.15) is 0 Å². The summed E-state index contributed by atoms with van der Waals surface area (Å²) in [4.78, 5) is 4.32. The second-order valence-electron chi connectivity index (χ2n) is 5.46. The second kappa shape index (κ2) is 4.26. The van der Waals surface area contributed by atoms with Gasteiger partial charge in [0.15, 0.2) is 0 Å². The summed E-state index contributed by atoms with van der Waals surface area (Å²) in [5, 5.41) is 3.57. The highest BCUT2D eigenvalue weighted by Gasteiger charge is 2.41. The lowest BCUT2D eigenvalue weighted by molar-refractivity contribution is 0.118. The van der Waals surface area contributed by atoms with Gasteiger partial charge in [0.25, 0.3) is 0 Å². The number of rotatable bonds is 2. The van der Waals surface area contributed by atoms with Crippen LogP contribution in [0.1, 0.15) is 31.1 Å². The van der Waals surface area contributed by atoms with Crippen molar-refractivity contribution < 1.29 is 4.74 Å². The Hall–Kier alpha value is -2.03. The number of anilines is 1. The van der Waals surface area contributed by atoms with Crippen molar-refractivity contribution in [2.45, 2.75) is 32.4 Å². The number of hydrogen-bond acceptors (Lipinski definition) is 3. The van der Waals surface area contributed by atoms with E-state index in [2.05, 4.69) is 36.3 Å². The van der Waals surface area contributed by atoms with Gasteiger partial charge in [0.05, 0.1) is 17.4 Å². The van der Waals surface area contributed by atoms with Crippen molar-refractivity contribution in [2.24, 2.45) is 0 Å². The number of ether oxygens (including phenoxy) is 1. The maximum absolute atomic E-state index is 6.04. The van der Waals surface area contributed by atoms with Crippen LogP contribution in [0.4, 0.5) is 5.69 Å². The smallest absolute Gasteiger partial charge is 0.128 e. The van der Waals surface area contributed by atoms with Gasteiger partial charge in [-0.25, -0.2) is 0 Å². The standard InChI is InChI=1S/C16H18N2O/c1-11-13(8-6-10-17-11)18-15-12-7-4-5-9-14(12)19-16(15,2)3/h4-10,15,18H,1-3H3. The van der Waals surface area contributed by atoms with Crippen LogP contribution in [-0.2, 0) is 0 Å². The first kappa shape index (κ1) is 12.0. The molecule has 98 valence electrons. The predicted molar refractivity (Wildman–Crippen MR) is 76.5 cm³/mol. The molecule has 1 aromatic heterocycles. The van der Waals surface area contributed by atoms with E-state index in [4.69, 9.17) is 4.74 Å². The van der Waals surface area contributed by atoms with E-state index in [0.717, 1.165) is 17.1 Å². The van der Waals surface area contributed by atoms with E-state index in [9.17, 15) is 0 Å². The number of benzene rings is 1. The molecule has 0 bridgehead atoms. The van der Waals surface area contributed by atoms with E-state index in [0.29, 0.717) is 0 Å². The van der Waals surface area contributed by atoms with Gasteiger partial charge in [0.1, 0.15) is 11.4 Å². The van der Waals surface area contributed by atoms with E-state index in [1.54, 1.807) is 0 Å². The molecule has 3 heteroatoms. The number of nitrogens with zero attached hydrogens (tertiary/aromatic N) is 1. The Labute approximate surface area is 113 Å². The zero-order valence-corrected chi connectivity index (χ0v) is 11.5. The lowest BCUT2D eigenvalue weighted by atomic mass is 9.94. The summed E-state index contributed by atoms with van der Waals surface area (Å²) in [6.07, 6.45) is 1.81. The monoisotopic (exact) mass is 254 g/mol. The summed E-state index contributed by atoms with van der Waals surface area (Å²) in [5.41, 5.74) is 2.99. The number of nitrogens with one attached hydrogen (secondary N) is 1. The van der Waals surface area contributed by atoms with Gasteiger partial charge in [0.2, 0.25) is 0 Å². The summed E-state index contributed by atoms with van der Waals surface area (Å²) in [6, 6.07) is 12.3. The molecular formula is C16H18N2O. The Bertz CT molecular complexity index is 607. The van der Waals surface area contributed by atoms with Gasteiger partial charge in [-0.05, 0) is 39.0 Å². The van der Waals surface area contributed by atoms with Crippen molar-refractivity contribution in [1.82, 2.24) is 4.98 Å². The van der Waals surface area contributed by atoms with Crippen LogP contribution < -0.4 is 10.1 Å². The summed E-state index contributed by atoms with van der Waals surface area (Å²) in [7, 11) is 0. The van der Waals surface area contributed by atoms with Crippen LogP contribution in [0.2, 0.25) is 0 Å². The molecule has 3 nitrogen and oxygen atoms in total. The Kier molecular flexibility index (Phi) is 2.70. The molecule has 3 rings (SSSR count). The summed E-state index contributed by atoms with van der Waals surface area (Å²) in [5.74, 6) is 0.964. The third-order valence-corrected chi connectivity index (χ3v) is 3.60. The largest absolute Gasteiger partial charge is 0.485 e. The Balaban J connectivity index is 1.98. The number of aromatic nitrogens is 1. The summed E-state index contributed by atoms with van der Waals surface area (Å²) in [6.45, 7) is 6.23. The van der Waals surface area contributed by atoms with Gasteiger partial charge >= 0.3 is 0 Å². The highest BCUT2D eigenvalue weighted by molar-refractivity contribution is 5.53. The Morgan fingerprint density at radius 3 is 2.74 bits per heavy atom. The van der Waals surface area contributed by atoms with Crippen LogP contribution >= 0.6 is 0 Å². The molecule has 0 amide bonds. The third-order valence-electron chi connectivity index (χ3n) is 3.60. The minimum Gasteiger partial charge on any atom is -0.485 e. The molecular weight excluding hydrogens is 236 g/mol. The van der Waals surface area contributed by atoms with Crippen molar-refractivity contribution >= 4 is 5.69 Å². The highest BCUT2D eigenvalue weighted by atomic mass is 16.5. The van der Waals surface area contributed by atoms with E-state index in [1.165, 1.54) is 5.56 Å². The molecule has 1 aliphatic heterocycles. The highest BCUT2D eigenvalue weighted by Crippen LogP contribution is 2.44. The van der Waals surface area contributed by atoms with Crippen molar-refractivity contribution in [1.29, 1.82) is 0 Å². The van der Waals surface area contributed by atoms with Crippen LogP contribution in [0, 0.1) is 6.92 Å². The molecule has 0 spiro atoms. The fourth-order valence-corrected chi connectivity index (χ4v) is 2.57. The maximum atomic E-state index is 6.04. The van der Waals surface area contributed by atoms with E-state index in [1.807, 2.05) is 37.4 Å². The second-order valence-corrected chi connectivity index (χ2v) is 5.46. The summed E-state index contributed by atoms with van der Waals surface area (Å²) < 4.78 is 6.04. The molecule has 2 heterocycles. The van der Waals surface area contributed by atoms with Gasteiger partial charge < -0.3 is 10.1 Å². The topological polar surface area (TPSA) is 34.2 Å². The molecule has 0 radical (unpaired) electrons. The molecule has 19 heavy (non-hydrogen) atoms. The molecule has 0 saturated heterocycles. The fraction of sp³-hybridized carbons (Fsp3) is 0.312. The van der Waals surface area contributed by atoms with E-state index >= 15 is 0 Å². The van der Waals surface area contributed by atoms with E-state index < -0.39 is 0 Å². The number of aryl methyl sites for hydroxylation is 1. The molecule has 0 fully saturated rings. The molecule has 1 aromatic carbocycles. The minimum atomic E-state index is -0.272. The molecule has 0 aliphatic carbocycles. The van der Waals surface area contributed by atoms with Crippen LogP contribution in [0.5, 0.6) is 5.75 Å². The van der Waals surface area contributed by atoms with Gasteiger partial charge in [-0.1, -0.05) is 18.2 Å². The third kappa shape index (κ3) is 2.05. The molecule has 1 N–H and O–H groups in total. The zero-order valence-electron chi connectivity index (χ0n) is 11.5. The van der Waals surface area contributed by atoms with Crippen molar-refractivity contribution in [3.8, 4) is 5.75 Å². The quantitative estimate of drug-likeness (QED) is 0.887. The van der Waals surface area contributed by atoms with Gasteiger partial charge in [-0.15, -0.1) is 0 Å². The normalized spacial score (nSPS) is 19.6. The van der Waals surface area contributed by atoms with Crippen LogP contribution in [0.3, 0.4) is 0 Å². The molecule has 1 unspecified atom stereocenters. The number of fused-ring (bicyclic) bond motifs is 1. The molecule has 1 atom stereocenters. The van der Waals surface area contributed by atoms with Crippen molar-refractivity contribution in [3.05, 3.63) is 53.9 Å². The van der Waals surface area contributed by atoms with Crippen LogP contribution in [-0.4, -0.2) is 10.6 Å². The first-order chi connectivity index (χ1) is 9.08. The first-order valence-corrected chi connectivity index (χ1v) is 6.54. The number of para-hydroxylation sites is 1. The Morgan fingerprint density at radius 1 is 1.16 bits per heavy atom. The SMILES string of the molecule is Cc1ncccc1NC1c2ccccc2OC1(C)C. The molecule has 1 aliphatic rings. The van der Waals surface area contributed by atoms with Crippen LogP contribution in [0.15, 0.2) is 42.6 Å². The molecule has 0 saturated carbocycles. The average Bonchev–Trinajstić information content (AvgIpc) is 2.63. The summed E-state index contributed by atoms with van der Waals surface area (Å²) >= 11 is 0. The minimum absolute atomic E-state index is 0.131. The van der Waals surface area contributed by atoms with Crippen LogP contribution in [0.25, 0.3) is 0 Å². The average molecular weight is 254 g/mol. The number of hydrogen-bond donors (Lipinski definition) is 1. The first-order valence-electron chi connectivity index (χ1n) is 6.54. The van der Waals surface area contributed by atoms with Gasteiger partial charge in [-0.3, -0.25) is 4.98 Å². The number of pyridine rings is 1. The van der Waals surface area contributed by atoms with E-state index in [-0.39, 0.29) is 11.6 Å². The maximum Gasteiger partial charge on any atom is 0.128 e. The van der Waals surface area contributed by atoms with Gasteiger partial charge in [0, 0.05) is 11.8 Å². The lowest BCUT2D eigenvalue weighted by Gasteiger charge is -2.28. The zero-order chi connectivity index (χ0) is 13.5. The Morgan fingerprint density at radius 2 is 1.95 bits per heavy atom. The van der Waals surface area contributed by atoms with Crippen molar-refractivity contribution in [3.63, 3.8) is 0 Å². The predicted octanol–water partition coefficient (Wildman–Crippen LogP) is 3.71. The fourth-order valence-electron chi connectivity index (χ4n) is 2.57.